The molecule has 1 spiro atoms. The van der Waals surface area contributed by atoms with E-state index in [-0.39, 0.29) is 17.7 Å². The first-order valence-electron chi connectivity index (χ1n) is 6.02. The highest BCUT2D eigenvalue weighted by molar-refractivity contribution is 5.66. The molecule has 2 aliphatic rings. The van der Waals surface area contributed by atoms with E-state index in [1.54, 1.807) is 0 Å². The molecule has 1 aliphatic heterocycles. The van der Waals surface area contributed by atoms with Gasteiger partial charge in [0.15, 0.2) is 0 Å². The summed E-state index contributed by atoms with van der Waals surface area (Å²) in [6.45, 7) is 2.20. The predicted molar refractivity (Wildman–Crippen MR) is 56.3 cm³/mol. The van der Waals surface area contributed by atoms with Crippen LogP contribution in [0.1, 0.15) is 51.9 Å². The van der Waals surface area contributed by atoms with Crippen molar-refractivity contribution >= 4 is 5.97 Å². The molecule has 0 radical (unpaired) electrons. The first kappa shape index (κ1) is 10.9. The molecule has 0 amide bonds. The van der Waals surface area contributed by atoms with Crippen molar-refractivity contribution in [1.82, 2.24) is 0 Å². The maximum absolute atomic E-state index is 11.0. The van der Waals surface area contributed by atoms with Gasteiger partial charge in [-0.25, -0.2) is 0 Å². The van der Waals surface area contributed by atoms with Gasteiger partial charge in [-0.3, -0.25) is 4.79 Å². The van der Waals surface area contributed by atoms with Crippen LogP contribution in [0.5, 0.6) is 0 Å². The van der Waals surface area contributed by atoms with Gasteiger partial charge in [-0.1, -0.05) is 19.3 Å². The molecule has 0 aromatic carbocycles. The number of esters is 1. The van der Waals surface area contributed by atoms with Crippen molar-refractivity contribution < 1.29 is 14.3 Å². The Balaban J connectivity index is 2.06. The Morgan fingerprint density at radius 3 is 2.53 bits per heavy atom. The lowest BCUT2D eigenvalue weighted by Gasteiger charge is -2.45. The highest BCUT2D eigenvalue weighted by atomic mass is 16.7. The summed E-state index contributed by atoms with van der Waals surface area (Å²) in [6.07, 6.45) is 8.12. The lowest BCUT2D eigenvalue weighted by Crippen LogP contribution is -2.45. The van der Waals surface area contributed by atoms with Gasteiger partial charge in [-0.05, 0) is 25.7 Å². The topological polar surface area (TPSA) is 35.5 Å². The van der Waals surface area contributed by atoms with E-state index in [4.69, 9.17) is 9.47 Å². The number of carbonyl (C=O) groups excluding carboxylic acids is 1. The minimum atomic E-state index is -0.274. The van der Waals surface area contributed by atoms with E-state index in [1.807, 2.05) is 0 Å². The zero-order chi connectivity index (χ0) is 10.7. The first-order chi connectivity index (χ1) is 7.23. The number of hydrogen-bond acceptors (Lipinski definition) is 3. The molecule has 86 valence electrons. The zero-order valence-electron chi connectivity index (χ0n) is 9.46. The number of ether oxygens (including phenoxy) is 2. The van der Waals surface area contributed by atoms with Gasteiger partial charge in [0.25, 0.3) is 0 Å². The summed E-state index contributed by atoms with van der Waals surface area (Å²) in [5, 5.41) is 0. The molecular weight excluding hydrogens is 192 g/mol. The predicted octanol–water partition coefficient (Wildman–Crippen LogP) is 2.64. The molecule has 2 rings (SSSR count). The molecule has 1 saturated carbocycles. The monoisotopic (exact) mass is 212 g/mol. The summed E-state index contributed by atoms with van der Waals surface area (Å²) < 4.78 is 11.0. The van der Waals surface area contributed by atoms with Gasteiger partial charge in [0.2, 0.25) is 6.29 Å². The average molecular weight is 212 g/mol. The molecule has 0 aromatic rings. The molecule has 2 fully saturated rings. The maximum atomic E-state index is 11.0. The third kappa shape index (κ3) is 2.33. The van der Waals surface area contributed by atoms with Gasteiger partial charge in [0, 0.05) is 12.3 Å². The molecular formula is C12H20O3. The van der Waals surface area contributed by atoms with E-state index in [1.165, 1.54) is 26.2 Å². The summed E-state index contributed by atoms with van der Waals surface area (Å²) in [7, 11) is 0. The highest BCUT2D eigenvalue weighted by Crippen LogP contribution is 2.46. The van der Waals surface area contributed by atoms with Crippen LogP contribution in [0.4, 0.5) is 0 Å². The van der Waals surface area contributed by atoms with Crippen LogP contribution in [-0.4, -0.2) is 18.9 Å². The molecule has 1 atom stereocenters. The maximum Gasteiger partial charge on any atom is 0.304 e. The SMILES string of the molecule is CC(=O)OC1OCCCC12CCCCC2. The van der Waals surface area contributed by atoms with E-state index >= 15 is 0 Å². The van der Waals surface area contributed by atoms with Gasteiger partial charge in [-0.2, -0.15) is 0 Å². The largest absolute Gasteiger partial charge is 0.435 e. The Morgan fingerprint density at radius 1 is 1.20 bits per heavy atom. The fraction of sp³-hybridized carbons (Fsp3) is 0.917. The van der Waals surface area contributed by atoms with Crippen molar-refractivity contribution in [1.29, 1.82) is 0 Å². The standard InChI is InChI=1S/C12H20O3/c1-10(13)15-11-12(8-5-9-14-11)6-3-2-4-7-12/h11H,2-9H2,1H3. The number of rotatable bonds is 1. The van der Waals surface area contributed by atoms with Crippen molar-refractivity contribution in [3.05, 3.63) is 0 Å². The second-order valence-corrected chi connectivity index (χ2v) is 4.84. The normalized spacial score (nSPS) is 30.1. The lowest BCUT2D eigenvalue weighted by atomic mass is 9.69. The first-order valence-corrected chi connectivity index (χ1v) is 6.02. The Labute approximate surface area is 91.1 Å². The van der Waals surface area contributed by atoms with Crippen molar-refractivity contribution in [2.75, 3.05) is 6.61 Å². The van der Waals surface area contributed by atoms with Crippen LogP contribution in [0.3, 0.4) is 0 Å². The molecule has 0 N–H and O–H groups in total. The fourth-order valence-corrected chi connectivity index (χ4v) is 2.96. The van der Waals surface area contributed by atoms with Crippen LogP contribution in [-0.2, 0) is 14.3 Å². The van der Waals surface area contributed by atoms with E-state index in [0.717, 1.165) is 32.3 Å². The van der Waals surface area contributed by atoms with Crippen LogP contribution in [0.25, 0.3) is 0 Å². The Morgan fingerprint density at radius 2 is 1.87 bits per heavy atom. The Bertz CT molecular complexity index is 223. The minimum Gasteiger partial charge on any atom is -0.435 e. The Hall–Kier alpha value is -0.570. The molecule has 1 aliphatic carbocycles. The number of hydrogen-bond donors (Lipinski definition) is 0. The second kappa shape index (κ2) is 4.52. The summed E-state index contributed by atoms with van der Waals surface area (Å²) in [4.78, 5) is 11.0. The summed E-state index contributed by atoms with van der Waals surface area (Å²) in [5.74, 6) is -0.216. The van der Waals surface area contributed by atoms with Crippen molar-refractivity contribution in [3.63, 3.8) is 0 Å². The van der Waals surface area contributed by atoms with Gasteiger partial charge in [-0.15, -0.1) is 0 Å². The van der Waals surface area contributed by atoms with E-state index < -0.39 is 0 Å². The van der Waals surface area contributed by atoms with Crippen LogP contribution in [0.15, 0.2) is 0 Å². The highest BCUT2D eigenvalue weighted by Gasteiger charge is 2.44. The molecule has 1 heterocycles. The number of carbonyl (C=O) groups is 1. The Kier molecular flexibility index (Phi) is 3.29. The fourth-order valence-electron chi connectivity index (χ4n) is 2.96. The summed E-state index contributed by atoms with van der Waals surface area (Å²) in [6, 6.07) is 0. The average Bonchev–Trinajstić information content (AvgIpc) is 2.23. The molecule has 0 aromatic heterocycles. The third-order valence-corrected chi connectivity index (χ3v) is 3.71. The molecule has 1 saturated heterocycles. The van der Waals surface area contributed by atoms with Gasteiger partial charge >= 0.3 is 5.97 Å². The van der Waals surface area contributed by atoms with E-state index in [2.05, 4.69) is 0 Å². The van der Waals surface area contributed by atoms with Crippen LogP contribution >= 0.6 is 0 Å². The van der Waals surface area contributed by atoms with Crippen molar-refractivity contribution in [2.24, 2.45) is 5.41 Å². The molecule has 0 bridgehead atoms. The van der Waals surface area contributed by atoms with Crippen LogP contribution in [0.2, 0.25) is 0 Å². The zero-order valence-corrected chi connectivity index (χ0v) is 9.46. The lowest BCUT2D eigenvalue weighted by molar-refractivity contribution is -0.234. The van der Waals surface area contributed by atoms with Gasteiger partial charge in [0.1, 0.15) is 0 Å². The second-order valence-electron chi connectivity index (χ2n) is 4.84. The minimum absolute atomic E-state index is 0.141. The summed E-state index contributed by atoms with van der Waals surface area (Å²) in [5.41, 5.74) is 0.141. The van der Waals surface area contributed by atoms with Crippen molar-refractivity contribution in [3.8, 4) is 0 Å². The van der Waals surface area contributed by atoms with Crippen LogP contribution in [0, 0.1) is 5.41 Å². The summed E-state index contributed by atoms with van der Waals surface area (Å²) >= 11 is 0. The smallest absolute Gasteiger partial charge is 0.304 e. The van der Waals surface area contributed by atoms with Crippen LogP contribution < -0.4 is 0 Å². The molecule has 3 heteroatoms. The molecule has 1 unspecified atom stereocenters. The molecule has 15 heavy (non-hydrogen) atoms. The quantitative estimate of drug-likeness (QED) is 0.627. The van der Waals surface area contributed by atoms with Crippen molar-refractivity contribution in [2.45, 2.75) is 58.2 Å². The van der Waals surface area contributed by atoms with Gasteiger partial charge < -0.3 is 9.47 Å². The molecule has 3 nitrogen and oxygen atoms in total. The third-order valence-electron chi connectivity index (χ3n) is 3.71. The van der Waals surface area contributed by atoms with Gasteiger partial charge in [0.05, 0.1) is 6.61 Å². The van der Waals surface area contributed by atoms with E-state index in [0.29, 0.717) is 0 Å². The van der Waals surface area contributed by atoms with E-state index in [9.17, 15) is 4.79 Å².